The molecule has 0 atom stereocenters. The molecule has 0 amide bonds. The number of halogens is 1. The van der Waals surface area contributed by atoms with E-state index < -0.39 is 0 Å². The molecule has 0 radical (unpaired) electrons. The molecule has 1 aromatic carbocycles. The molecular weight excluding hydrogens is 264 g/mol. The second kappa shape index (κ2) is 5.67. The zero-order valence-corrected chi connectivity index (χ0v) is 11.4. The Hall–Kier alpha value is -2.14. The largest absolute Gasteiger partial charge is 0.287 e. The fraction of sp³-hybridized carbons (Fsp3) is 0.154. The van der Waals surface area contributed by atoms with Gasteiger partial charge in [0.2, 0.25) is 0 Å². The number of anilines is 1. The Morgan fingerprint density at radius 2 is 2.05 bits per heavy atom. The van der Waals surface area contributed by atoms with E-state index in [2.05, 4.69) is 10.2 Å². The van der Waals surface area contributed by atoms with Crippen molar-refractivity contribution in [3.8, 4) is 0 Å². The fourth-order valence-electron chi connectivity index (χ4n) is 1.48. The van der Waals surface area contributed by atoms with Crippen LogP contribution in [0.2, 0.25) is 5.02 Å². The number of nitrogens with zero attached hydrogens (tertiary/aromatic N) is 4. The van der Waals surface area contributed by atoms with E-state index in [4.69, 9.17) is 11.6 Å². The van der Waals surface area contributed by atoms with Crippen LogP contribution in [0.15, 0.2) is 46.4 Å². The first kappa shape index (κ1) is 13.3. The Balaban J connectivity index is 2.26. The van der Waals surface area contributed by atoms with E-state index in [1.165, 1.54) is 15.9 Å². The summed E-state index contributed by atoms with van der Waals surface area (Å²) in [6, 6.07) is 9.65. The molecular formula is C13H13ClN4O. The average molecular weight is 277 g/mol. The minimum absolute atomic E-state index is 0.102. The number of aryl methyl sites for hydroxylation is 1. The predicted octanol–water partition coefficient (Wildman–Crippen LogP) is 1.90. The van der Waals surface area contributed by atoms with Crippen molar-refractivity contribution in [2.24, 2.45) is 12.1 Å². The van der Waals surface area contributed by atoms with Gasteiger partial charge >= 0.3 is 0 Å². The van der Waals surface area contributed by atoms with Crippen molar-refractivity contribution in [1.82, 2.24) is 9.78 Å². The summed E-state index contributed by atoms with van der Waals surface area (Å²) in [7, 11) is 3.26. The minimum atomic E-state index is -0.346. The summed E-state index contributed by atoms with van der Waals surface area (Å²) in [6.07, 6.45) is 3.19. The Labute approximate surface area is 115 Å². The maximum absolute atomic E-state index is 11.7. The summed E-state index contributed by atoms with van der Waals surface area (Å²) < 4.78 is 1.18. The second-order valence-electron chi connectivity index (χ2n) is 3.95. The Morgan fingerprint density at radius 1 is 1.37 bits per heavy atom. The Kier molecular flexibility index (Phi) is 3.97. The fourth-order valence-corrected chi connectivity index (χ4v) is 1.78. The maximum atomic E-state index is 11.7. The third-order valence-electron chi connectivity index (χ3n) is 2.59. The van der Waals surface area contributed by atoms with Crippen molar-refractivity contribution in [2.45, 2.75) is 0 Å². The van der Waals surface area contributed by atoms with Gasteiger partial charge < -0.3 is 0 Å². The summed E-state index contributed by atoms with van der Waals surface area (Å²) in [5, 5.41) is 9.77. The number of benzene rings is 1. The lowest BCUT2D eigenvalue weighted by atomic mass is 10.2. The van der Waals surface area contributed by atoms with Gasteiger partial charge in [-0.05, 0) is 5.56 Å². The smallest absolute Gasteiger partial charge is 0.266 e. The first-order valence-corrected chi connectivity index (χ1v) is 6.02. The van der Waals surface area contributed by atoms with Crippen molar-refractivity contribution in [1.29, 1.82) is 0 Å². The van der Waals surface area contributed by atoms with Crippen LogP contribution in [-0.4, -0.2) is 23.0 Å². The number of aromatic nitrogens is 2. The van der Waals surface area contributed by atoms with Crippen molar-refractivity contribution >= 4 is 23.5 Å². The van der Waals surface area contributed by atoms with E-state index >= 15 is 0 Å². The van der Waals surface area contributed by atoms with Gasteiger partial charge in [-0.25, -0.2) is 4.68 Å². The quantitative estimate of drug-likeness (QED) is 0.636. The molecule has 2 aromatic rings. The van der Waals surface area contributed by atoms with Gasteiger partial charge in [-0.15, -0.1) is 0 Å². The van der Waals surface area contributed by atoms with Crippen LogP contribution in [-0.2, 0) is 7.05 Å². The molecule has 0 aliphatic heterocycles. The monoisotopic (exact) mass is 276 g/mol. The van der Waals surface area contributed by atoms with Gasteiger partial charge in [-0.1, -0.05) is 41.9 Å². The molecule has 0 saturated carbocycles. The van der Waals surface area contributed by atoms with Gasteiger partial charge in [-0.3, -0.25) is 9.80 Å². The first-order chi connectivity index (χ1) is 9.09. The molecule has 0 unspecified atom stereocenters. The van der Waals surface area contributed by atoms with Gasteiger partial charge in [0.15, 0.2) is 0 Å². The van der Waals surface area contributed by atoms with Crippen molar-refractivity contribution in [3.05, 3.63) is 57.5 Å². The van der Waals surface area contributed by atoms with E-state index in [0.29, 0.717) is 5.69 Å². The third-order valence-corrected chi connectivity index (χ3v) is 2.94. The van der Waals surface area contributed by atoms with E-state index in [-0.39, 0.29) is 10.6 Å². The third kappa shape index (κ3) is 3.00. The predicted molar refractivity (Wildman–Crippen MR) is 76.9 cm³/mol. The summed E-state index contributed by atoms with van der Waals surface area (Å²) in [4.78, 5) is 11.7. The lowest BCUT2D eigenvalue weighted by Crippen LogP contribution is -2.23. The molecule has 0 spiro atoms. The van der Waals surface area contributed by atoms with Gasteiger partial charge in [0, 0.05) is 14.1 Å². The van der Waals surface area contributed by atoms with E-state index in [0.717, 1.165) is 5.56 Å². The molecule has 0 saturated heterocycles. The van der Waals surface area contributed by atoms with E-state index in [1.54, 1.807) is 20.3 Å². The van der Waals surface area contributed by atoms with Crippen LogP contribution in [0.1, 0.15) is 5.56 Å². The minimum Gasteiger partial charge on any atom is -0.266 e. The molecule has 19 heavy (non-hydrogen) atoms. The van der Waals surface area contributed by atoms with Crippen LogP contribution < -0.4 is 10.6 Å². The summed E-state index contributed by atoms with van der Waals surface area (Å²) in [5.41, 5.74) is 1.08. The molecule has 98 valence electrons. The number of hydrazone groups is 1. The summed E-state index contributed by atoms with van der Waals surface area (Å²) in [5.74, 6) is 0. The molecule has 6 heteroatoms. The van der Waals surface area contributed by atoms with Crippen LogP contribution in [0.3, 0.4) is 0 Å². The highest BCUT2D eigenvalue weighted by molar-refractivity contribution is 6.33. The lowest BCUT2D eigenvalue weighted by molar-refractivity contribution is 0.705. The van der Waals surface area contributed by atoms with Gasteiger partial charge in [0.25, 0.3) is 5.56 Å². The zero-order valence-electron chi connectivity index (χ0n) is 10.6. The molecule has 2 rings (SSSR count). The number of rotatable bonds is 3. The highest BCUT2D eigenvalue weighted by Gasteiger charge is 2.10. The van der Waals surface area contributed by atoms with E-state index in [1.807, 2.05) is 30.3 Å². The molecule has 0 N–H and O–H groups in total. The molecule has 0 aliphatic rings. The maximum Gasteiger partial charge on any atom is 0.287 e. The molecule has 1 heterocycles. The Bertz CT molecular complexity index is 651. The van der Waals surface area contributed by atoms with Crippen molar-refractivity contribution in [2.75, 3.05) is 12.1 Å². The van der Waals surface area contributed by atoms with Crippen LogP contribution in [0.25, 0.3) is 0 Å². The summed E-state index contributed by atoms with van der Waals surface area (Å²) >= 11 is 5.99. The number of hydrogen-bond acceptors (Lipinski definition) is 4. The van der Waals surface area contributed by atoms with Crippen LogP contribution >= 0.6 is 11.6 Å². The van der Waals surface area contributed by atoms with Gasteiger partial charge in [0.1, 0.15) is 10.7 Å². The van der Waals surface area contributed by atoms with Crippen LogP contribution in [0.4, 0.5) is 5.69 Å². The normalized spacial score (nSPS) is 10.9. The van der Waals surface area contributed by atoms with Crippen molar-refractivity contribution < 1.29 is 0 Å². The highest BCUT2D eigenvalue weighted by atomic mass is 35.5. The number of hydrogen-bond donors (Lipinski definition) is 0. The Morgan fingerprint density at radius 3 is 2.74 bits per heavy atom. The summed E-state index contributed by atoms with van der Waals surface area (Å²) in [6.45, 7) is 0. The molecule has 0 bridgehead atoms. The zero-order chi connectivity index (χ0) is 13.8. The molecule has 1 aromatic heterocycles. The second-order valence-corrected chi connectivity index (χ2v) is 4.33. The van der Waals surface area contributed by atoms with Crippen LogP contribution in [0, 0.1) is 0 Å². The SMILES string of the molecule is CN(/N=C/c1ccccc1)c1cnn(C)c(=O)c1Cl. The molecule has 0 aliphatic carbocycles. The van der Waals surface area contributed by atoms with Gasteiger partial charge in [-0.2, -0.15) is 10.2 Å². The molecule has 5 nitrogen and oxygen atoms in total. The van der Waals surface area contributed by atoms with E-state index in [9.17, 15) is 4.79 Å². The van der Waals surface area contributed by atoms with Crippen LogP contribution in [0.5, 0.6) is 0 Å². The average Bonchev–Trinajstić information content (AvgIpc) is 2.43. The van der Waals surface area contributed by atoms with Gasteiger partial charge in [0.05, 0.1) is 12.4 Å². The topological polar surface area (TPSA) is 50.5 Å². The molecule has 0 fully saturated rings. The lowest BCUT2D eigenvalue weighted by Gasteiger charge is -2.13. The first-order valence-electron chi connectivity index (χ1n) is 5.64. The highest BCUT2D eigenvalue weighted by Crippen LogP contribution is 2.19. The van der Waals surface area contributed by atoms with Crippen molar-refractivity contribution in [3.63, 3.8) is 0 Å². The standard InChI is InChI=1S/C13H13ClN4O/c1-17(15-8-10-6-4-3-5-7-10)11-9-16-18(2)13(19)12(11)14/h3-9H,1-2H3/b15-8+.